The molecule has 6 nitrogen and oxygen atoms in total. The third kappa shape index (κ3) is 3.26. The maximum Gasteiger partial charge on any atom is 0.242 e. The summed E-state index contributed by atoms with van der Waals surface area (Å²) in [5.41, 5.74) is 0. The second kappa shape index (κ2) is 5.48. The largest absolute Gasteiger partial charge is 0.353 e. The van der Waals surface area contributed by atoms with E-state index in [1.807, 2.05) is 6.92 Å². The van der Waals surface area contributed by atoms with Gasteiger partial charge in [-0.25, -0.2) is 8.42 Å². The lowest BCUT2D eigenvalue weighted by Crippen LogP contribution is -2.57. The summed E-state index contributed by atoms with van der Waals surface area (Å²) in [4.78, 5) is 25.5. The molecule has 2 amide bonds. The lowest BCUT2D eigenvalue weighted by Gasteiger charge is -2.35. The van der Waals surface area contributed by atoms with E-state index in [1.54, 1.807) is 4.90 Å². The molecule has 2 heterocycles. The van der Waals surface area contributed by atoms with Crippen LogP contribution in [0.15, 0.2) is 0 Å². The summed E-state index contributed by atoms with van der Waals surface area (Å²) >= 11 is 0. The molecule has 108 valence electrons. The minimum Gasteiger partial charge on any atom is -0.353 e. The quantitative estimate of drug-likeness (QED) is 0.762. The molecule has 19 heavy (non-hydrogen) atoms. The number of nitrogens with one attached hydrogen (secondary N) is 1. The number of sulfone groups is 1. The van der Waals surface area contributed by atoms with E-state index in [1.165, 1.54) is 0 Å². The molecule has 0 radical (unpaired) electrons. The van der Waals surface area contributed by atoms with Gasteiger partial charge in [-0.2, -0.15) is 0 Å². The molecule has 0 aromatic heterocycles. The van der Waals surface area contributed by atoms with Gasteiger partial charge in [0.1, 0.15) is 6.04 Å². The van der Waals surface area contributed by atoms with Crippen LogP contribution in [0.25, 0.3) is 0 Å². The van der Waals surface area contributed by atoms with Crippen molar-refractivity contribution in [3.8, 4) is 0 Å². The molecule has 2 rings (SSSR count). The van der Waals surface area contributed by atoms with Gasteiger partial charge in [0.05, 0.1) is 11.5 Å². The maximum atomic E-state index is 12.2. The molecule has 0 aromatic rings. The van der Waals surface area contributed by atoms with Crippen LogP contribution in [0, 0.1) is 5.92 Å². The maximum absolute atomic E-state index is 12.2. The summed E-state index contributed by atoms with van der Waals surface area (Å²) in [6, 6.07) is -0.403. The average Bonchev–Trinajstić information content (AvgIpc) is 2.68. The van der Waals surface area contributed by atoms with Gasteiger partial charge < -0.3 is 10.2 Å². The van der Waals surface area contributed by atoms with Crippen LogP contribution < -0.4 is 5.32 Å². The lowest BCUT2D eigenvalue weighted by atomic mass is 10.0. The van der Waals surface area contributed by atoms with E-state index in [9.17, 15) is 18.0 Å². The normalized spacial score (nSPS) is 30.2. The SMILES string of the molecule is CCC1C(=O)NCCN1C(=O)CC1CCS(=O)(=O)C1. The fourth-order valence-corrected chi connectivity index (χ4v) is 4.68. The zero-order chi connectivity index (χ0) is 14.0. The van der Waals surface area contributed by atoms with E-state index in [0.29, 0.717) is 25.9 Å². The van der Waals surface area contributed by atoms with Gasteiger partial charge in [0.2, 0.25) is 11.8 Å². The van der Waals surface area contributed by atoms with Crippen LogP contribution in [0.3, 0.4) is 0 Å². The number of hydrogen-bond donors (Lipinski definition) is 1. The Hall–Kier alpha value is -1.11. The van der Waals surface area contributed by atoms with Crippen molar-refractivity contribution < 1.29 is 18.0 Å². The number of hydrogen-bond acceptors (Lipinski definition) is 4. The molecule has 2 aliphatic rings. The number of rotatable bonds is 3. The molecule has 2 atom stereocenters. The van der Waals surface area contributed by atoms with Crippen molar-refractivity contribution in [2.24, 2.45) is 5.92 Å². The van der Waals surface area contributed by atoms with Crippen molar-refractivity contribution in [2.45, 2.75) is 32.2 Å². The molecule has 2 aliphatic heterocycles. The average molecular weight is 288 g/mol. The summed E-state index contributed by atoms with van der Waals surface area (Å²) in [6.07, 6.45) is 1.38. The van der Waals surface area contributed by atoms with Crippen LogP contribution in [-0.4, -0.2) is 55.8 Å². The van der Waals surface area contributed by atoms with Gasteiger partial charge in [0, 0.05) is 19.5 Å². The molecule has 2 unspecified atom stereocenters. The van der Waals surface area contributed by atoms with Crippen LogP contribution >= 0.6 is 0 Å². The van der Waals surface area contributed by atoms with E-state index in [-0.39, 0.29) is 35.7 Å². The first-order valence-corrected chi connectivity index (χ1v) is 8.52. The van der Waals surface area contributed by atoms with Crippen molar-refractivity contribution >= 4 is 21.7 Å². The molecular formula is C12H20N2O4S. The second-order valence-corrected chi connectivity index (χ2v) is 7.50. The van der Waals surface area contributed by atoms with Gasteiger partial charge in [-0.05, 0) is 18.8 Å². The first-order valence-electron chi connectivity index (χ1n) is 6.70. The van der Waals surface area contributed by atoms with Crippen molar-refractivity contribution in [1.82, 2.24) is 10.2 Å². The van der Waals surface area contributed by atoms with Crippen LogP contribution in [0.4, 0.5) is 0 Å². The molecule has 0 saturated carbocycles. The van der Waals surface area contributed by atoms with Crippen LogP contribution in [0.5, 0.6) is 0 Å². The summed E-state index contributed by atoms with van der Waals surface area (Å²) in [7, 11) is -2.95. The Bertz CT molecular complexity index is 474. The van der Waals surface area contributed by atoms with E-state index in [2.05, 4.69) is 5.32 Å². The number of amides is 2. The Morgan fingerprint density at radius 1 is 1.47 bits per heavy atom. The third-order valence-electron chi connectivity index (χ3n) is 3.83. The minimum absolute atomic E-state index is 0.0833. The fraction of sp³-hybridized carbons (Fsp3) is 0.833. The summed E-state index contributed by atoms with van der Waals surface area (Å²) in [5, 5.41) is 2.75. The molecule has 7 heteroatoms. The Balaban J connectivity index is 1.97. The topological polar surface area (TPSA) is 83.6 Å². The van der Waals surface area contributed by atoms with Crippen molar-refractivity contribution in [1.29, 1.82) is 0 Å². The third-order valence-corrected chi connectivity index (χ3v) is 5.66. The Morgan fingerprint density at radius 3 is 2.79 bits per heavy atom. The highest BCUT2D eigenvalue weighted by molar-refractivity contribution is 7.91. The zero-order valence-electron chi connectivity index (χ0n) is 11.1. The molecular weight excluding hydrogens is 268 g/mol. The van der Waals surface area contributed by atoms with E-state index >= 15 is 0 Å². The summed E-state index contributed by atoms with van der Waals surface area (Å²) < 4.78 is 22.8. The van der Waals surface area contributed by atoms with E-state index < -0.39 is 15.9 Å². The molecule has 2 saturated heterocycles. The van der Waals surface area contributed by atoms with Crippen LogP contribution in [0.2, 0.25) is 0 Å². The van der Waals surface area contributed by atoms with Crippen LogP contribution in [0.1, 0.15) is 26.2 Å². The smallest absolute Gasteiger partial charge is 0.242 e. The molecule has 2 fully saturated rings. The number of carbonyl (C=O) groups excluding carboxylic acids is 2. The van der Waals surface area contributed by atoms with Gasteiger partial charge in [0.25, 0.3) is 0 Å². The van der Waals surface area contributed by atoms with Crippen molar-refractivity contribution in [3.05, 3.63) is 0 Å². The van der Waals surface area contributed by atoms with Crippen molar-refractivity contribution in [3.63, 3.8) is 0 Å². The highest BCUT2D eigenvalue weighted by atomic mass is 32.2. The molecule has 1 N–H and O–H groups in total. The highest BCUT2D eigenvalue weighted by Crippen LogP contribution is 2.23. The Labute approximate surface area is 113 Å². The van der Waals surface area contributed by atoms with Crippen LogP contribution in [-0.2, 0) is 19.4 Å². The molecule has 0 spiro atoms. The number of nitrogens with zero attached hydrogens (tertiary/aromatic N) is 1. The summed E-state index contributed by atoms with van der Waals surface area (Å²) in [5.74, 6) is 0.00279. The van der Waals surface area contributed by atoms with E-state index in [4.69, 9.17) is 0 Å². The standard InChI is InChI=1S/C12H20N2O4S/c1-2-10-12(16)13-4-5-14(10)11(15)7-9-3-6-19(17,18)8-9/h9-10H,2-8H2,1H3,(H,13,16). The molecule has 0 aliphatic carbocycles. The van der Waals surface area contributed by atoms with Gasteiger partial charge in [-0.3, -0.25) is 9.59 Å². The van der Waals surface area contributed by atoms with Gasteiger partial charge in [0.15, 0.2) is 9.84 Å². The number of piperazine rings is 1. The summed E-state index contributed by atoms with van der Waals surface area (Å²) in [6.45, 7) is 2.86. The molecule has 0 aromatic carbocycles. The fourth-order valence-electron chi connectivity index (χ4n) is 2.82. The molecule has 0 bridgehead atoms. The first-order chi connectivity index (χ1) is 8.93. The first kappa shape index (κ1) is 14.3. The Kier molecular flexibility index (Phi) is 4.13. The zero-order valence-corrected chi connectivity index (χ0v) is 11.9. The predicted molar refractivity (Wildman–Crippen MR) is 70.2 cm³/mol. The minimum atomic E-state index is -2.95. The monoisotopic (exact) mass is 288 g/mol. The van der Waals surface area contributed by atoms with Gasteiger partial charge in [-0.1, -0.05) is 6.92 Å². The highest BCUT2D eigenvalue weighted by Gasteiger charge is 2.35. The lowest BCUT2D eigenvalue weighted by molar-refractivity contribution is -0.143. The van der Waals surface area contributed by atoms with Gasteiger partial charge in [-0.15, -0.1) is 0 Å². The number of carbonyl (C=O) groups is 2. The second-order valence-electron chi connectivity index (χ2n) is 5.28. The van der Waals surface area contributed by atoms with E-state index in [0.717, 1.165) is 0 Å². The Morgan fingerprint density at radius 2 is 2.21 bits per heavy atom. The predicted octanol–water partition coefficient (Wildman–Crippen LogP) is -0.452. The van der Waals surface area contributed by atoms with Crippen molar-refractivity contribution in [2.75, 3.05) is 24.6 Å². The van der Waals surface area contributed by atoms with Gasteiger partial charge >= 0.3 is 0 Å².